The molecule has 0 aliphatic carbocycles. The maximum absolute atomic E-state index is 9.51. The highest BCUT2D eigenvalue weighted by molar-refractivity contribution is 9.10. The zero-order valence-corrected chi connectivity index (χ0v) is 11.8. The van der Waals surface area contributed by atoms with Gasteiger partial charge in [0.2, 0.25) is 5.88 Å². The largest absolute Gasteiger partial charge is 0.439 e. The van der Waals surface area contributed by atoms with Crippen LogP contribution < -0.4 is 4.74 Å². The average molecular weight is 308 g/mol. The Morgan fingerprint density at radius 3 is 2.72 bits per heavy atom. The molecule has 1 aromatic heterocycles. The highest BCUT2D eigenvalue weighted by atomic mass is 79.9. The Balaban J connectivity index is 2.23. The fourth-order valence-corrected chi connectivity index (χ4v) is 1.79. The van der Waals surface area contributed by atoms with Gasteiger partial charge in [-0.05, 0) is 49.2 Å². The van der Waals surface area contributed by atoms with Crippen LogP contribution in [0.1, 0.15) is 24.2 Å². The van der Waals surface area contributed by atoms with Gasteiger partial charge in [-0.2, -0.15) is 0 Å². The number of benzene rings is 1. The minimum atomic E-state index is -0.526. The number of aryl methyl sites for hydroxylation is 1. The number of aromatic nitrogens is 1. The van der Waals surface area contributed by atoms with Gasteiger partial charge < -0.3 is 9.84 Å². The minimum absolute atomic E-state index is 0.482. The van der Waals surface area contributed by atoms with E-state index in [0.29, 0.717) is 5.88 Å². The van der Waals surface area contributed by atoms with Gasteiger partial charge in [-0.1, -0.05) is 15.9 Å². The van der Waals surface area contributed by atoms with Gasteiger partial charge in [-0.25, -0.2) is 4.98 Å². The quantitative estimate of drug-likeness (QED) is 0.932. The Labute approximate surface area is 115 Å². The van der Waals surface area contributed by atoms with E-state index in [9.17, 15) is 5.11 Å². The van der Waals surface area contributed by atoms with Crippen LogP contribution in [-0.4, -0.2) is 10.1 Å². The predicted octanol–water partition coefficient (Wildman–Crippen LogP) is 4.00. The van der Waals surface area contributed by atoms with Crippen LogP contribution in [0.25, 0.3) is 0 Å². The van der Waals surface area contributed by atoms with Crippen molar-refractivity contribution in [1.82, 2.24) is 4.98 Å². The van der Waals surface area contributed by atoms with E-state index in [1.54, 1.807) is 25.3 Å². The van der Waals surface area contributed by atoms with Gasteiger partial charge in [0.1, 0.15) is 5.75 Å². The van der Waals surface area contributed by atoms with Crippen molar-refractivity contribution in [3.8, 4) is 11.6 Å². The summed E-state index contributed by atoms with van der Waals surface area (Å²) in [5, 5.41) is 9.51. The van der Waals surface area contributed by atoms with Crippen LogP contribution in [0, 0.1) is 6.92 Å². The van der Waals surface area contributed by atoms with Gasteiger partial charge in [0.25, 0.3) is 0 Å². The van der Waals surface area contributed by atoms with Crippen molar-refractivity contribution in [2.24, 2.45) is 0 Å². The smallest absolute Gasteiger partial charge is 0.219 e. The van der Waals surface area contributed by atoms with Gasteiger partial charge in [-0.15, -0.1) is 0 Å². The number of pyridine rings is 1. The Bertz CT molecular complexity index is 555. The third-order valence-electron chi connectivity index (χ3n) is 2.59. The van der Waals surface area contributed by atoms with Gasteiger partial charge in [0.05, 0.1) is 6.10 Å². The van der Waals surface area contributed by atoms with Crippen molar-refractivity contribution in [2.75, 3.05) is 0 Å². The molecule has 0 saturated carbocycles. The summed E-state index contributed by atoms with van der Waals surface area (Å²) in [4.78, 5) is 4.12. The summed E-state index contributed by atoms with van der Waals surface area (Å²) in [6, 6.07) is 9.24. The second-order valence-electron chi connectivity index (χ2n) is 4.12. The second-order valence-corrected chi connectivity index (χ2v) is 4.97. The van der Waals surface area contributed by atoms with Crippen molar-refractivity contribution < 1.29 is 9.84 Å². The molecule has 2 aromatic rings. The number of aliphatic hydroxyl groups is 1. The van der Waals surface area contributed by atoms with E-state index in [1.165, 1.54) is 0 Å². The Kier molecular flexibility index (Phi) is 3.99. The molecule has 1 atom stereocenters. The molecule has 0 fully saturated rings. The lowest BCUT2D eigenvalue weighted by atomic mass is 10.2. The lowest BCUT2D eigenvalue weighted by Gasteiger charge is -2.09. The Morgan fingerprint density at radius 1 is 1.28 bits per heavy atom. The van der Waals surface area contributed by atoms with Crippen LogP contribution >= 0.6 is 15.9 Å². The highest BCUT2D eigenvalue weighted by Gasteiger charge is 2.05. The normalized spacial score (nSPS) is 12.2. The molecular weight excluding hydrogens is 294 g/mol. The summed E-state index contributed by atoms with van der Waals surface area (Å²) in [7, 11) is 0. The van der Waals surface area contributed by atoms with E-state index in [4.69, 9.17) is 4.74 Å². The molecule has 1 unspecified atom stereocenters. The van der Waals surface area contributed by atoms with E-state index in [0.717, 1.165) is 21.3 Å². The zero-order chi connectivity index (χ0) is 13.1. The van der Waals surface area contributed by atoms with Gasteiger partial charge in [-0.3, -0.25) is 0 Å². The van der Waals surface area contributed by atoms with E-state index >= 15 is 0 Å². The molecule has 1 N–H and O–H groups in total. The molecule has 0 saturated heterocycles. The van der Waals surface area contributed by atoms with Crippen LogP contribution in [-0.2, 0) is 0 Å². The average Bonchev–Trinajstić information content (AvgIpc) is 2.34. The molecule has 0 amide bonds. The summed E-state index contributed by atoms with van der Waals surface area (Å²) in [5.41, 5.74) is 1.88. The summed E-state index contributed by atoms with van der Waals surface area (Å²) in [5.74, 6) is 1.21. The lowest BCUT2D eigenvalue weighted by molar-refractivity contribution is 0.198. The summed E-state index contributed by atoms with van der Waals surface area (Å²) < 4.78 is 6.70. The van der Waals surface area contributed by atoms with E-state index < -0.39 is 6.10 Å². The monoisotopic (exact) mass is 307 g/mol. The third kappa shape index (κ3) is 3.09. The number of halogens is 1. The molecule has 2 rings (SSSR count). The minimum Gasteiger partial charge on any atom is -0.439 e. The maximum atomic E-state index is 9.51. The van der Waals surface area contributed by atoms with Gasteiger partial charge in [0, 0.05) is 16.7 Å². The molecule has 1 heterocycles. The highest BCUT2D eigenvalue weighted by Crippen LogP contribution is 2.26. The molecule has 0 radical (unpaired) electrons. The number of hydrogen-bond donors (Lipinski definition) is 1. The molecule has 0 bridgehead atoms. The molecule has 0 aliphatic rings. The Morgan fingerprint density at radius 2 is 2.06 bits per heavy atom. The van der Waals surface area contributed by atoms with E-state index in [-0.39, 0.29) is 0 Å². The second kappa shape index (κ2) is 5.50. The van der Waals surface area contributed by atoms with Crippen LogP contribution in [0.3, 0.4) is 0 Å². The van der Waals surface area contributed by atoms with Crippen LogP contribution in [0.15, 0.2) is 41.0 Å². The number of aliphatic hydroxyl groups excluding tert-OH is 1. The summed E-state index contributed by atoms with van der Waals surface area (Å²) >= 11 is 3.44. The first-order valence-electron chi connectivity index (χ1n) is 5.64. The van der Waals surface area contributed by atoms with Crippen molar-refractivity contribution in [3.05, 3.63) is 52.1 Å². The molecular formula is C14H14BrNO2. The van der Waals surface area contributed by atoms with Crippen molar-refractivity contribution in [3.63, 3.8) is 0 Å². The SMILES string of the molecule is Cc1cc(Oc2cc(C(C)O)ccn2)ccc1Br. The molecule has 94 valence electrons. The molecule has 3 nitrogen and oxygen atoms in total. The number of nitrogens with zero attached hydrogens (tertiary/aromatic N) is 1. The fourth-order valence-electron chi connectivity index (χ4n) is 1.54. The topological polar surface area (TPSA) is 42.4 Å². The first-order valence-corrected chi connectivity index (χ1v) is 6.43. The van der Waals surface area contributed by atoms with Crippen LogP contribution in [0.2, 0.25) is 0 Å². The molecule has 4 heteroatoms. The van der Waals surface area contributed by atoms with E-state index in [2.05, 4.69) is 20.9 Å². The molecule has 1 aromatic carbocycles. The van der Waals surface area contributed by atoms with E-state index in [1.807, 2.05) is 25.1 Å². The summed E-state index contributed by atoms with van der Waals surface area (Å²) in [6.45, 7) is 3.71. The first kappa shape index (κ1) is 13.1. The molecule has 18 heavy (non-hydrogen) atoms. The zero-order valence-electron chi connectivity index (χ0n) is 10.2. The lowest BCUT2D eigenvalue weighted by Crippen LogP contribution is -1.94. The molecule has 0 aliphatic heterocycles. The van der Waals surface area contributed by atoms with Crippen molar-refractivity contribution in [2.45, 2.75) is 20.0 Å². The fraction of sp³-hybridized carbons (Fsp3) is 0.214. The predicted molar refractivity (Wildman–Crippen MR) is 73.8 cm³/mol. The van der Waals surface area contributed by atoms with Crippen LogP contribution in [0.5, 0.6) is 11.6 Å². The number of hydrogen-bond acceptors (Lipinski definition) is 3. The Hall–Kier alpha value is -1.39. The van der Waals surface area contributed by atoms with Crippen LogP contribution in [0.4, 0.5) is 0 Å². The molecule has 0 spiro atoms. The van der Waals surface area contributed by atoms with Gasteiger partial charge >= 0.3 is 0 Å². The maximum Gasteiger partial charge on any atom is 0.219 e. The number of rotatable bonds is 3. The standard InChI is InChI=1S/C14H14BrNO2/c1-9-7-12(3-4-13(9)15)18-14-8-11(10(2)17)5-6-16-14/h3-8,10,17H,1-2H3. The number of ether oxygens (including phenoxy) is 1. The van der Waals surface area contributed by atoms with Crippen molar-refractivity contribution >= 4 is 15.9 Å². The van der Waals surface area contributed by atoms with Crippen molar-refractivity contribution in [1.29, 1.82) is 0 Å². The first-order chi connectivity index (χ1) is 8.56. The summed E-state index contributed by atoms with van der Waals surface area (Å²) in [6.07, 6.45) is 1.10. The van der Waals surface area contributed by atoms with Gasteiger partial charge in [0.15, 0.2) is 0 Å². The third-order valence-corrected chi connectivity index (χ3v) is 3.48.